The summed E-state index contributed by atoms with van der Waals surface area (Å²) in [5, 5.41) is 8.94. The molecule has 110 valence electrons. The molecule has 1 saturated heterocycles. The van der Waals surface area contributed by atoms with Gasteiger partial charge in [-0.05, 0) is 50.4 Å². The smallest absolute Gasteiger partial charge is 0.162 e. The van der Waals surface area contributed by atoms with E-state index < -0.39 is 0 Å². The van der Waals surface area contributed by atoms with Gasteiger partial charge in [-0.3, -0.25) is 4.79 Å². The summed E-state index contributed by atoms with van der Waals surface area (Å²) in [6.45, 7) is 3.47. The fourth-order valence-electron chi connectivity index (χ4n) is 2.78. The highest BCUT2D eigenvalue weighted by Gasteiger charge is 2.21. The number of aliphatic hydroxyl groups excluding tert-OH is 1. The lowest BCUT2D eigenvalue weighted by Gasteiger charge is -2.15. The molecule has 0 amide bonds. The zero-order valence-electron chi connectivity index (χ0n) is 11.7. The van der Waals surface area contributed by atoms with E-state index in [-0.39, 0.29) is 5.78 Å². The lowest BCUT2D eigenvalue weighted by atomic mass is 10.1. The van der Waals surface area contributed by atoms with E-state index in [9.17, 15) is 4.79 Å². The summed E-state index contributed by atoms with van der Waals surface area (Å²) in [6, 6.07) is 7.57. The summed E-state index contributed by atoms with van der Waals surface area (Å²) < 4.78 is 1.00. The molecule has 3 nitrogen and oxygen atoms in total. The van der Waals surface area contributed by atoms with Gasteiger partial charge < -0.3 is 10.0 Å². The van der Waals surface area contributed by atoms with Crippen molar-refractivity contribution in [3.8, 4) is 0 Å². The van der Waals surface area contributed by atoms with Crippen molar-refractivity contribution in [2.45, 2.75) is 25.7 Å². The minimum atomic E-state index is 0.226. The SMILES string of the molecule is O=C(CCCN1CCC(CCO)C1)c1ccc(Br)cc1. The van der Waals surface area contributed by atoms with Gasteiger partial charge in [0.15, 0.2) is 5.78 Å². The van der Waals surface area contributed by atoms with Crippen LogP contribution >= 0.6 is 15.9 Å². The first-order chi connectivity index (χ1) is 9.69. The molecule has 2 rings (SSSR count). The van der Waals surface area contributed by atoms with Crippen molar-refractivity contribution in [3.05, 3.63) is 34.3 Å². The molecule has 0 saturated carbocycles. The number of carbonyl (C=O) groups is 1. The Kier molecular flexibility index (Phi) is 6.20. The van der Waals surface area contributed by atoms with Crippen molar-refractivity contribution in [2.24, 2.45) is 5.92 Å². The quantitative estimate of drug-likeness (QED) is 0.776. The van der Waals surface area contributed by atoms with Gasteiger partial charge in [-0.1, -0.05) is 28.1 Å². The molecule has 0 aliphatic carbocycles. The summed E-state index contributed by atoms with van der Waals surface area (Å²) in [5.74, 6) is 0.866. The number of carbonyl (C=O) groups excluding carboxylic acids is 1. The fourth-order valence-corrected chi connectivity index (χ4v) is 3.04. The Hall–Kier alpha value is -0.710. The fraction of sp³-hybridized carbons (Fsp3) is 0.562. The number of ketones is 1. The second-order valence-corrected chi connectivity index (χ2v) is 6.42. The maximum atomic E-state index is 12.0. The van der Waals surface area contributed by atoms with E-state index in [4.69, 9.17) is 5.11 Å². The number of aliphatic hydroxyl groups is 1. The van der Waals surface area contributed by atoms with E-state index in [0.717, 1.165) is 42.5 Å². The molecule has 4 heteroatoms. The molecule has 0 aromatic heterocycles. The average molecular weight is 340 g/mol. The maximum Gasteiger partial charge on any atom is 0.162 e. The normalized spacial score (nSPS) is 19.4. The van der Waals surface area contributed by atoms with Crippen LogP contribution in [0.4, 0.5) is 0 Å². The molecule has 1 unspecified atom stereocenters. The number of hydrogen-bond donors (Lipinski definition) is 1. The minimum Gasteiger partial charge on any atom is -0.396 e. The number of rotatable bonds is 7. The molecule has 1 aromatic carbocycles. The Balaban J connectivity index is 1.68. The van der Waals surface area contributed by atoms with E-state index in [1.54, 1.807) is 0 Å². The number of benzene rings is 1. The summed E-state index contributed by atoms with van der Waals surface area (Å²) >= 11 is 3.37. The maximum absolute atomic E-state index is 12.0. The zero-order valence-corrected chi connectivity index (χ0v) is 13.3. The Morgan fingerprint density at radius 2 is 2.10 bits per heavy atom. The second kappa shape index (κ2) is 7.91. The Labute approximate surface area is 129 Å². The van der Waals surface area contributed by atoms with Gasteiger partial charge in [0.2, 0.25) is 0 Å². The largest absolute Gasteiger partial charge is 0.396 e. The number of halogens is 1. The zero-order chi connectivity index (χ0) is 14.4. The number of hydrogen-bond acceptors (Lipinski definition) is 3. The van der Waals surface area contributed by atoms with Gasteiger partial charge in [0.25, 0.3) is 0 Å². The molecular weight excluding hydrogens is 318 g/mol. The Bertz CT molecular complexity index is 433. The summed E-state index contributed by atoms with van der Waals surface area (Å²) in [6.07, 6.45) is 3.62. The molecule has 0 bridgehead atoms. The minimum absolute atomic E-state index is 0.226. The van der Waals surface area contributed by atoms with Crippen molar-refractivity contribution in [3.63, 3.8) is 0 Å². The van der Waals surface area contributed by atoms with Crippen LogP contribution in [0.5, 0.6) is 0 Å². The van der Waals surface area contributed by atoms with Crippen LogP contribution in [0.2, 0.25) is 0 Å². The second-order valence-electron chi connectivity index (χ2n) is 5.50. The molecule has 1 aromatic rings. The van der Waals surface area contributed by atoms with Crippen LogP contribution in [0.25, 0.3) is 0 Å². The van der Waals surface area contributed by atoms with Crippen LogP contribution < -0.4 is 0 Å². The standard InChI is InChI=1S/C16H22BrNO2/c17-15-5-3-14(4-6-15)16(20)2-1-9-18-10-7-13(12-18)8-11-19/h3-6,13,19H,1-2,7-12H2. The number of Topliss-reactive ketones (excluding diaryl/α,β-unsaturated/α-hetero) is 1. The molecule has 1 aliphatic rings. The first kappa shape index (κ1) is 15.7. The van der Waals surface area contributed by atoms with Crippen LogP contribution in [0, 0.1) is 5.92 Å². The summed E-state index contributed by atoms with van der Waals surface area (Å²) in [4.78, 5) is 14.4. The van der Waals surface area contributed by atoms with E-state index in [0.29, 0.717) is 18.9 Å². The monoisotopic (exact) mass is 339 g/mol. The first-order valence-electron chi connectivity index (χ1n) is 7.31. The predicted octanol–water partition coefficient (Wildman–Crippen LogP) is 3.12. The van der Waals surface area contributed by atoms with Crippen LogP contribution in [0.3, 0.4) is 0 Å². The molecule has 20 heavy (non-hydrogen) atoms. The third-order valence-corrected chi connectivity index (χ3v) is 4.48. The van der Waals surface area contributed by atoms with Crippen molar-refractivity contribution in [2.75, 3.05) is 26.2 Å². The van der Waals surface area contributed by atoms with E-state index >= 15 is 0 Å². The molecule has 0 spiro atoms. The molecule has 0 radical (unpaired) electrons. The van der Waals surface area contributed by atoms with E-state index in [1.165, 1.54) is 6.42 Å². The van der Waals surface area contributed by atoms with Gasteiger partial charge in [-0.2, -0.15) is 0 Å². The molecular formula is C16H22BrNO2. The summed E-state index contributed by atoms with van der Waals surface area (Å²) in [5.41, 5.74) is 0.799. The van der Waals surface area contributed by atoms with Crippen LogP contribution in [0.15, 0.2) is 28.7 Å². The highest BCUT2D eigenvalue weighted by atomic mass is 79.9. The van der Waals surface area contributed by atoms with Crippen molar-refractivity contribution in [1.29, 1.82) is 0 Å². The van der Waals surface area contributed by atoms with Gasteiger partial charge in [-0.25, -0.2) is 0 Å². The van der Waals surface area contributed by atoms with Crippen LogP contribution in [-0.4, -0.2) is 42.0 Å². The molecule has 1 heterocycles. The highest BCUT2D eigenvalue weighted by molar-refractivity contribution is 9.10. The summed E-state index contributed by atoms with van der Waals surface area (Å²) in [7, 11) is 0. The van der Waals surface area contributed by atoms with Gasteiger partial charge in [0, 0.05) is 29.6 Å². The topological polar surface area (TPSA) is 40.5 Å². The molecule has 1 atom stereocenters. The number of likely N-dealkylation sites (tertiary alicyclic amines) is 1. The molecule has 1 N–H and O–H groups in total. The van der Waals surface area contributed by atoms with Gasteiger partial charge in [-0.15, -0.1) is 0 Å². The molecule has 1 aliphatic heterocycles. The Morgan fingerprint density at radius 3 is 2.80 bits per heavy atom. The van der Waals surface area contributed by atoms with E-state index in [1.807, 2.05) is 24.3 Å². The van der Waals surface area contributed by atoms with Gasteiger partial charge >= 0.3 is 0 Å². The first-order valence-corrected chi connectivity index (χ1v) is 8.10. The average Bonchev–Trinajstić information content (AvgIpc) is 2.87. The lowest BCUT2D eigenvalue weighted by Crippen LogP contribution is -2.22. The third kappa shape index (κ3) is 4.69. The molecule has 1 fully saturated rings. The van der Waals surface area contributed by atoms with Crippen LogP contribution in [-0.2, 0) is 0 Å². The van der Waals surface area contributed by atoms with E-state index in [2.05, 4.69) is 20.8 Å². The van der Waals surface area contributed by atoms with Gasteiger partial charge in [0.05, 0.1) is 0 Å². The predicted molar refractivity (Wildman–Crippen MR) is 84.0 cm³/mol. The Morgan fingerprint density at radius 1 is 1.35 bits per heavy atom. The third-order valence-electron chi connectivity index (χ3n) is 3.95. The van der Waals surface area contributed by atoms with Crippen molar-refractivity contribution >= 4 is 21.7 Å². The van der Waals surface area contributed by atoms with Crippen LogP contribution in [0.1, 0.15) is 36.0 Å². The van der Waals surface area contributed by atoms with Gasteiger partial charge in [0.1, 0.15) is 0 Å². The lowest BCUT2D eigenvalue weighted by molar-refractivity contribution is 0.0976. The van der Waals surface area contributed by atoms with Crippen molar-refractivity contribution < 1.29 is 9.90 Å². The number of nitrogens with zero attached hydrogens (tertiary/aromatic N) is 1. The van der Waals surface area contributed by atoms with Crippen molar-refractivity contribution in [1.82, 2.24) is 4.90 Å². The highest BCUT2D eigenvalue weighted by Crippen LogP contribution is 2.19.